The van der Waals surface area contributed by atoms with Crippen LogP contribution in [0.1, 0.15) is 50.6 Å². The van der Waals surface area contributed by atoms with E-state index in [9.17, 15) is 14.4 Å². The molecule has 1 aliphatic carbocycles. The van der Waals surface area contributed by atoms with Crippen molar-refractivity contribution in [3.8, 4) is 5.75 Å². The van der Waals surface area contributed by atoms with Gasteiger partial charge in [0.05, 0.1) is 16.3 Å². The van der Waals surface area contributed by atoms with Gasteiger partial charge in [0.1, 0.15) is 11.5 Å². The van der Waals surface area contributed by atoms with Crippen molar-refractivity contribution in [3.05, 3.63) is 87.8 Å². The highest BCUT2D eigenvalue weighted by atomic mass is 35.5. The fraction of sp³-hybridized carbons (Fsp3) is 0.200. The van der Waals surface area contributed by atoms with Crippen molar-refractivity contribution in [2.45, 2.75) is 26.2 Å². The van der Waals surface area contributed by atoms with Gasteiger partial charge >= 0.3 is 5.91 Å². The van der Waals surface area contributed by atoms with E-state index in [1.165, 1.54) is 0 Å². The van der Waals surface area contributed by atoms with E-state index in [1.807, 2.05) is 6.07 Å². The molecule has 10 heteroatoms. The predicted octanol–water partition coefficient (Wildman–Crippen LogP) is 3.55. The molecule has 0 saturated carbocycles. The SMILES string of the molecule is Cc1c(C(=O)NNC(=O)COc2ccccc2)oc2c1/C(=N/NC(=O)c1ccccc1Cl)CCC2. The summed E-state index contributed by atoms with van der Waals surface area (Å²) in [4.78, 5) is 37.2. The van der Waals surface area contributed by atoms with Crippen molar-refractivity contribution in [3.63, 3.8) is 0 Å². The Hall–Kier alpha value is -4.11. The molecule has 3 N–H and O–H groups in total. The smallest absolute Gasteiger partial charge is 0.305 e. The predicted molar refractivity (Wildman–Crippen MR) is 129 cm³/mol. The van der Waals surface area contributed by atoms with E-state index < -0.39 is 17.7 Å². The number of rotatable bonds is 6. The second-order valence-corrected chi connectivity index (χ2v) is 8.20. The molecule has 3 aromatic rings. The molecule has 0 spiro atoms. The second-order valence-electron chi connectivity index (χ2n) is 7.79. The number of fused-ring (bicyclic) bond motifs is 1. The highest BCUT2D eigenvalue weighted by Crippen LogP contribution is 2.30. The standard InChI is InChI=1S/C25H23ClN4O5/c1-15-22-19(27-29-24(32)17-10-5-6-11-18(17)26)12-7-13-20(22)35-23(15)25(33)30-28-21(31)14-34-16-8-3-2-4-9-16/h2-6,8-11H,7,12-14H2,1H3,(H,28,31)(H,29,32)(H,30,33)/b27-19+. The number of nitrogens with zero attached hydrogens (tertiary/aromatic N) is 1. The van der Waals surface area contributed by atoms with Gasteiger partial charge in [0.25, 0.3) is 11.8 Å². The van der Waals surface area contributed by atoms with E-state index in [0.29, 0.717) is 51.8 Å². The molecule has 0 saturated heterocycles. The Kier molecular flexibility index (Phi) is 7.47. The molecule has 0 fully saturated rings. The number of hydrazone groups is 1. The molecule has 9 nitrogen and oxygen atoms in total. The largest absolute Gasteiger partial charge is 0.484 e. The molecule has 0 aliphatic heterocycles. The van der Waals surface area contributed by atoms with Gasteiger partial charge in [-0.3, -0.25) is 25.2 Å². The Labute approximate surface area is 206 Å². The highest BCUT2D eigenvalue weighted by Gasteiger charge is 2.28. The van der Waals surface area contributed by atoms with E-state index >= 15 is 0 Å². The number of para-hydroxylation sites is 1. The van der Waals surface area contributed by atoms with Gasteiger partial charge in [-0.25, -0.2) is 5.43 Å². The van der Waals surface area contributed by atoms with Crippen molar-refractivity contribution in [2.24, 2.45) is 5.10 Å². The van der Waals surface area contributed by atoms with Crippen LogP contribution in [0.15, 0.2) is 64.1 Å². The molecule has 0 atom stereocenters. The first-order chi connectivity index (χ1) is 16.9. The summed E-state index contributed by atoms with van der Waals surface area (Å²) in [6.07, 6.45) is 1.97. The third-order valence-corrected chi connectivity index (χ3v) is 5.70. The summed E-state index contributed by atoms with van der Waals surface area (Å²) in [6, 6.07) is 15.5. The summed E-state index contributed by atoms with van der Waals surface area (Å²) in [5, 5.41) is 4.61. The molecule has 180 valence electrons. The number of benzene rings is 2. The molecule has 35 heavy (non-hydrogen) atoms. The van der Waals surface area contributed by atoms with E-state index in [2.05, 4.69) is 21.4 Å². The lowest BCUT2D eigenvalue weighted by Crippen LogP contribution is -2.43. The molecule has 0 unspecified atom stereocenters. The molecular weight excluding hydrogens is 472 g/mol. The molecular formula is C25H23ClN4O5. The van der Waals surface area contributed by atoms with Gasteiger partial charge in [-0.05, 0) is 44.0 Å². The topological polar surface area (TPSA) is 122 Å². The number of aryl methyl sites for hydroxylation is 1. The highest BCUT2D eigenvalue weighted by molar-refractivity contribution is 6.33. The first-order valence-corrected chi connectivity index (χ1v) is 11.3. The lowest BCUT2D eigenvalue weighted by atomic mass is 9.93. The maximum Gasteiger partial charge on any atom is 0.305 e. The number of furan rings is 1. The van der Waals surface area contributed by atoms with Gasteiger partial charge in [-0.15, -0.1) is 0 Å². The van der Waals surface area contributed by atoms with Crippen molar-refractivity contribution >= 4 is 35.0 Å². The van der Waals surface area contributed by atoms with Gasteiger partial charge in [0, 0.05) is 17.5 Å². The first kappa shape index (κ1) is 24.0. The van der Waals surface area contributed by atoms with Crippen molar-refractivity contribution in [2.75, 3.05) is 6.61 Å². The van der Waals surface area contributed by atoms with Crippen LogP contribution in [-0.4, -0.2) is 30.0 Å². The van der Waals surface area contributed by atoms with Crippen LogP contribution in [0, 0.1) is 6.92 Å². The van der Waals surface area contributed by atoms with Crippen LogP contribution < -0.4 is 21.0 Å². The van der Waals surface area contributed by atoms with Crippen molar-refractivity contribution in [1.29, 1.82) is 0 Å². The molecule has 0 radical (unpaired) electrons. The van der Waals surface area contributed by atoms with Crippen LogP contribution in [0.2, 0.25) is 5.02 Å². The number of nitrogens with one attached hydrogen (secondary N) is 3. The Morgan fingerprint density at radius 3 is 2.51 bits per heavy atom. The van der Waals surface area contributed by atoms with Gasteiger partial charge in [0.15, 0.2) is 12.4 Å². The van der Waals surface area contributed by atoms with E-state index in [-0.39, 0.29) is 12.4 Å². The molecule has 1 heterocycles. The van der Waals surface area contributed by atoms with Gasteiger partial charge in [-0.2, -0.15) is 5.10 Å². The van der Waals surface area contributed by atoms with E-state index in [1.54, 1.807) is 55.5 Å². The number of hydrazine groups is 1. The van der Waals surface area contributed by atoms with Gasteiger partial charge < -0.3 is 9.15 Å². The lowest BCUT2D eigenvalue weighted by molar-refractivity contribution is -0.123. The number of ether oxygens (including phenoxy) is 1. The van der Waals surface area contributed by atoms with Crippen LogP contribution in [0.25, 0.3) is 0 Å². The van der Waals surface area contributed by atoms with E-state index in [0.717, 1.165) is 6.42 Å². The molecule has 3 amide bonds. The van der Waals surface area contributed by atoms with Crippen LogP contribution in [0.5, 0.6) is 5.75 Å². The number of hydrogen-bond donors (Lipinski definition) is 3. The number of amides is 3. The van der Waals surface area contributed by atoms with Crippen LogP contribution >= 0.6 is 11.6 Å². The maximum atomic E-state index is 12.7. The monoisotopic (exact) mass is 494 g/mol. The lowest BCUT2D eigenvalue weighted by Gasteiger charge is -2.13. The Bertz CT molecular complexity index is 1290. The van der Waals surface area contributed by atoms with Gasteiger partial charge in [-0.1, -0.05) is 41.9 Å². The quantitative estimate of drug-likeness (QED) is 0.452. The fourth-order valence-corrected chi connectivity index (χ4v) is 3.93. The minimum absolute atomic E-state index is 0.0614. The third-order valence-electron chi connectivity index (χ3n) is 5.37. The molecule has 0 bridgehead atoms. The summed E-state index contributed by atoms with van der Waals surface area (Å²) < 4.78 is 11.1. The number of halogens is 1. The zero-order valence-corrected chi connectivity index (χ0v) is 19.6. The van der Waals surface area contributed by atoms with Crippen molar-refractivity contribution < 1.29 is 23.5 Å². The van der Waals surface area contributed by atoms with Crippen LogP contribution in [0.4, 0.5) is 0 Å². The zero-order chi connectivity index (χ0) is 24.8. The summed E-state index contributed by atoms with van der Waals surface area (Å²) in [7, 11) is 0. The normalized spacial score (nSPS) is 13.6. The van der Waals surface area contributed by atoms with Crippen molar-refractivity contribution in [1.82, 2.24) is 16.3 Å². The summed E-state index contributed by atoms with van der Waals surface area (Å²) in [5.41, 5.74) is 9.35. The summed E-state index contributed by atoms with van der Waals surface area (Å²) >= 11 is 6.08. The Morgan fingerprint density at radius 2 is 1.74 bits per heavy atom. The van der Waals surface area contributed by atoms with Crippen LogP contribution in [0.3, 0.4) is 0 Å². The number of carbonyl (C=O) groups is 3. The Morgan fingerprint density at radius 1 is 1.00 bits per heavy atom. The van der Waals surface area contributed by atoms with E-state index in [4.69, 9.17) is 20.8 Å². The first-order valence-electron chi connectivity index (χ1n) is 10.9. The average Bonchev–Trinajstić information content (AvgIpc) is 3.22. The zero-order valence-electron chi connectivity index (χ0n) is 18.9. The molecule has 2 aromatic carbocycles. The number of carbonyl (C=O) groups excluding carboxylic acids is 3. The number of hydrogen-bond acceptors (Lipinski definition) is 6. The van der Waals surface area contributed by atoms with Crippen LogP contribution in [-0.2, 0) is 11.2 Å². The minimum atomic E-state index is -0.607. The third kappa shape index (κ3) is 5.70. The molecule has 4 rings (SSSR count). The maximum absolute atomic E-state index is 12.7. The van der Waals surface area contributed by atoms with Gasteiger partial charge in [0.2, 0.25) is 0 Å². The summed E-state index contributed by atoms with van der Waals surface area (Å²) in [5.74, 6) is -0.369. The minimum Gasteiger partial charge on any atom is -0.484 e. The fourth-order valence-electron chi connectivity index (χ4n) is 3.71. The summed E-state index contributed by atoms with van der Waals surface area (Å²) in [6.45, 7) is 1.47. The second kappa shape index (κ2) is 10.9. The average molecular weight is 495 g/mol. The molecule has 1 aromatic heterocycles. The molecule has 1 aliphatic rings. The Balaban J connectivity index is 1.40.